The Morgan fingerprint density at radius 1 is 0.816 bits per heavy atom. The molecule has 0 bridgehead atoms. The number of nitrogens with one attached hydrogen (secondary N) is 4. The highest BCUT2D eigenvalue weighted by Gasteiger charge is 2.41. The lowest BCUT2D eigenvalue weighted by Gasteiger charge is -2.32. The number of likely N-dealkylation sites (tertiary alicyclic amines) is 1. The van der Waals surface area contributed by atoms with E-state index in [9.17, 15) is 43.8 Å². The molecule has 2 rings (SSSR count). The van der Waals surface area contributed by atoms with E-state index in [-0.39, 0.29) is 32.2 Å². The zero-order valence-electron chi connectivity index (χ0n) is 28.5. The first-order valence-electron chi connectivity index (χ1n) is 16.4. The summed E-state index contributed by atoms with van der Waals surface area (Å²) in [6.45, 7) is 8.09. The van der Waals surface area contributed by atoms with Crippen LogP contribution >= 0.6 is 0 Å². The van der Waals surface area contributed by atoms with Gasteiger partial charge < -0.3 is 47.2 Å². The maximum Gasteiger partial charge on any atom is 0.326 e. The predicted molar refractivity (Wildman–Crippen MR) is 176 cm³/mol. The van der Waals surface area contributed by atoms with Gasteiger partial charge in [0.2, 0.25) is 29.5 Å². The Balaban J connectivity index is 2.15. The van der Waals surface area contributed by atoms with Crippen molar-refractivity contribution in [3.05, 3.63) is 35.9 Å². The molecule has 49 heavy (non-hydrogen) atoms. The fourth-order valence-electron chi connectivity index (χ4n) is 5.41. The number of carboxylic acid groups (broad SMARTS) is 2. The molecule has 7 atom stereocenters. The molecule has 0 aliphatic carbocycles. The number of aliphatic carboxylic acids is 2. The van der Waals surface area contributed by atoms with E-state index in [1.54, 1.807) is 58.0 Å². The molecule has 0 spiro atoms. The van der Waals surface area contributed by atoms with Crippen molar-refractivity contribution in [3.8, 4) is 0 Å². The van der Waals surface area contributed by atoms with Crippen molar-refractivity contribution in [1.82, 2.24) is 26.2 Å². The van der Waals surface area contributed by atoms with Crippen LogP contribution in [0.15, 0.2) is 30.3 Å². The molecule has 9 N–H and O–H groups in total. The average Bonchev–Trinajstić information content (AvgIpc) is 3.53. The first-order chi connectivity index (χ1) is 22.9. The number of nitrogens with two attached hydrogens (primary N) is 1. The lowest BCUT2D eigenvalue weighted by atomic mass is 10.00. The smallest absolute Gasteiger partial charge is 0.326 e. The van der Waals surface area contributed by atoms with E-state index < -0.39 is 95.7 Å². The molecule has 1 saturated heterocycles. The molecular weight excluding hydrogens is 640 g/mol. The van der Waals surface area contributed by atoms with Crippen LogP contribution in [0.3, 0.4) is 0 Å². The number of rotatable bonds is 18. The van der Waals surface area contributed by atoms with Crippen molar-refractivity contribution >= 4 is 41.5 Å². The maximum absolute atomic E-state index is 13.6. The maximum atomic E-state index is 13.6. The van der Waals surface area contributed by atoms with Crippen molar-refractivity contribution in [2.45, 2.75) is 109 Å². The Bertz CT molecular complexity index is 1340. The van der Waals surface area contributed by atoms with Gasteiger partial charge in [-0.2, -0.15) is 0 Å². The Morgan fingerprint density at radius 2 is 1.39 bits per heavy atom. The molecule has 1 aliphatic rings. The summed E-state index contributed by atoms with van der Waals surface area (Å²) in [6.07, 6.45) is -1.22. The van der Waals surface area contributed by atoms with Gasteiger partial charge in [-0.25, -0.2) is 4.79 Å². The summed E-state index contributed by atoms with van der Waals surface area (Å²) in [4.78, 5) is 90.4. The van der Waals surface area contributed by atoms with Gasteiger partial charge in [0.1, 0.15) is 30.2 Å². The van der Waals surface area contributed by atoms with E-state index in [4.69, 9.17) is 10.8 Å². The number of carbonyl (C=O) groups excluding carboxylic acids is 5. The number of nitrogens with zero attached hydrogens (tertiary/aromatic N) is 1. The van der Waals surface area contributed by atoms with E-state index in [0.29, 0.717) is 12.0 Å². The van der Waals surface area contributed by atoms with Gasteiger partial charge in [0.15, 0.2) is 0 Å². The topological polar surface area (TPSA) is 258 Å². The number of aliphatic hydroxyl groups is 1. The highest BCUT2D eigenvalue weighted by molar-refractivity contribution is 5.97. The van der Waals surface area contributed by atoms with Gasteiger partial charge in [0, 0.05) is 19.4 Å². The van der Waals surface area contributed by atoms with Gasteiger partial charge in [0.05, 0.1) is 12.1 Å². The summed E-state index contributed by atoms with van der Waals surface area (Å²) in [5, 5.41) is 39.1. The molecule has 272 valence electrons. The molecule has 7 unspecified atom stereocenters. The van der Waals surface area contributed by atoms with Crippen LogP contribution < -0.4 is 27.0 Å². The molecule has 0 saturated carbocycles. The summed E-state index contributed by atoms with van der Waals surface area (Å²) in [7, 11) is 0. The zero-order chi connectivity index (χ0) is 37.0. The van der Waals surface area contributed by atoms with Gasteiger partial charge >= 0.3 is 11.9 Å². The third kappa shape index (κ3) is 12.1. The van der Waals surface area contributed by atoms with E-state index >= 15 is 0 Å². The second-order valence-corrected chi connectivity index (χ2v) is 13.0. The van der Waals surface area contributed by atoms with Crippen molar-refractivity contribution in [2.75, 3.05) is 6.54 Å². The summed E-state index contributed by atoms with van der Waals surface area (Å²) in [5.74, 6) is -7.00. The number of amides is 5. The number of carboxylic acids is 2. The molecule has 1 fully saturated rings. The Kier molecular flexibility index (Phi) is 15.6. The first kappa shape index (κ1) is 40.6. The largest absolute Gasteiger partial charge is 0.481 e. The van der Waals surface area contributed by atoms with Gasteiger partial charge in [0.25, 0.3) is 0 Å². The molecule has 1 aliphatic heterocycles. The Hall–Kier alpha value is -4.57. The van der Waals surface area contributed by atoms with E-state index in [2.05, 4.69) is 21.3 Å². The lowest BCUT2D eigenvalue weighted by Crippen LogP contribution is -2.62. The van der Waals surface area contributed by atoms with Crippen LogP contribution in [0.2, 0.25) is 0 Å². The SMILES string of the molecule is CC(C)C(NC(=O)C(NC(=O)C1CCCN1C(=O)C(NC(=O)C(N)CCC(=O)O)C(C)C)C(C)O)C(=O)NC(Cc1ccccc1)C(=O)O. The molecule has 16 nitrogen and oxygen atoms in total. The van der Waals surface area contributed by atoms with Crippen molar-refractivity contribution in [2.24, 2.45) is 17.6 Å². The summed E-state index contributed by atoms with van der Waals surface area (Å²) in [5.41, 5.74) is 6.50. The summed E-state index contributed by atoms with van der Waals surface area (Å²) in [6, 6.07) is 1.37. The number of hydrogen-bond acceptors (Lipinski definition) is 9. The Labute approximate surface area is 285 Å². The molecular formula is C33H50N6O10. The van der Waals surface area contributed by atoms with E-state index in [1.807, 2.05) is 0 Å². The van der Waals surface area contributed by atoms with Crippen LogP contribution in [-0.2, 0) is 40.0 Å². The van der Waals surface area contributed by atoms with E-state index in [0.717, 1.165) is 0 Å². The molecule has 5 amide bonds. The van der Waals surface area contributed by atoms with Crippen molar-refractivity contribution < 1.29 is 48.9 Å². The average molecular weight is 691 g/mol. The van der Waals surface area contributed by atoms with Crippen LogP contribution in [0.25, 0.3) is 0 Å². The van der Waals surface area contributed by atoms with Gasteiger partial charge in [-0.1, -0.05) is 58.0 Å². The van der Waals surface area contributed by atoms with Crippen molar-refractivity contribution in [1.29, 1.82) is 0 Å². The fraction of sp³-hybridized carbons (Fsp3) is 0.606. The van der Waals surface area contributed by atoms with Crippen LogP contribution in [0, 0.1) is 11.8 Å². The third-order valence-corrected chi connectivity index (χ3v) is 8.28. The third-order valence-electron chi connectivity index (χ3n) is 8.28. The fourth-order valence-corrected chi connectivity index (χ4v) is 5.41. The van der Waals surface area contributed by atoms with E-state index in [1.165, 1.54) is 11.8 Å². The molecule has 16 heteroatoms. The van der Waals surface area contributed by atoms with Crippen LogP contribution in [0.5, 0.6) is 0 Å². The lowest BCUT2D eigenvalue weighted by molar-refractivity contribution is -0.144. The molecule has 1 aromatic rings. The zero-order valence-corrected chi connectivity index (χ0v) is 28.5. The molecule has 1 aromatic carbocycles. The summed E-state index contributed by atoms with van der Waals surface area (Å²) < 4.78 is 0. The van der Waals surface area contributed by atoms with Crippen LogP contribution in [0.4, 0.5) is 0 Å². The van der Waals surface area contributed by atoms with Crippen molar-refractivity contribution in [3.63, 3.8) is 0 Å². The van der Waals surface area contributed by atoms with Gasteiger partial charge in [-0.05, 0) is 43.6 Å². The predicted octanol–water partition coefficient (Wildman–Crippen LogP) is -0.871. The first-order valence-corrected chi connectivity index (χ1v) is 16.4. The highest BCUT2D eigenvalue weighted by Crippen LogP contribution is 2.21. The monoisotopic (exact) mass is 690 g/mol. The molecule has 0 radical (unpaired) electrons. The van der Waals surface area contributed by atoms with Gasteiger partial charge in [-0.3, -0.25) is 28.8 Å². The second-order valence-electron chi connectivity index (χ2n) is 13.0. The standard InChI is InChI=1S/C33H50N6O10/c1-17(2)25(30(45)35-22(33(48)49)16-20-10-7-6-8-11-20)36-31(46)27(19(5)40)38-29(44)23-12-9-15-39(23)32(47)26(18(3)4)37-28(43)21(34)13-14-24(41)42/h6-8,10-11,17-19,21-23,25-27,40H,9,12-16,34H2,1-5H3,(H,35,45)(H,36,46)(H,37,43)(H,38,44)(H,41,42)(H,48,49). The van der Waals surface area contributed by atoms with Crippen LogP contribution in [-0.4, -0.2) is 111 Å². The molecule has 1 heterocycles. The highest BCUT2D eigenvalue weighted by atomic mass is 16.4. The quantitative estimate of drug-likeness (QED) is 0.0939. The number of benzene rings is 1. The minimum absolute atomic E-state index is 0.00249. The van der Waals surface area contributed by atoms with Crippen LogP contribution in [0.1, 0.15) is 65.9 Å². The summed E-state index contributed by atoms with van der Waals surface area (Å²) >= 11 is 0. The second kappa shape index (κ2) is 18.8. The minimum Gasteiger partial charge on any atom is -0.481 e. The van der Waals surface area contributed by atoms with Gasteiger partial charge in [-0.15, -0.1) is 0 Å². The normalized spacial score (nSPS) is 18.1. The number of hydrogen-bond donors (Lipinski definition) is 8. The number of aliphatic hydroxyl groups excluding tert-OH is 1. The Morgan fingerprint density at radius 3 is 1.92 bits per heavy atom. The number of carbonyl (C=O) groups is 7. The minimum atomic E-state index is -1.54. The molecule has 0 aromatic heterocycles.